The number of benzene rings is 1. The van der Waals surface area contributed by atoms with E-state index in [1.165, 1.54) is 6.33 Å². The van der Waals surface area contributed by atoms with Crippen LogP contribution in [0.2, 0.25) is 0 Å². The Bertz CT molecular complexity index is 940. The van der Waals surface area contributed by atoms with Crippen LogP contribution in [0, 0.1) is 17.6 Å². The topological polar surface area (TPSA) is 75.9 Å². The summed E-state index contributed by atoms with van der Waals surface area (Å²) in [5, 5.41) is 6.55. The molecule has 1 amide bonds. The van der Waals surface area contributed by atoms with E-state index in [4.69, 9.17) is 0 Å². The Labute approximate surface area is 147 Å². The molecule has 1 fully saturated rings. The van der Waals surface area contributed by atoms with Crippen molar-refractivity contribution in [1.82, 2.24) is 19.7 Å². The summed E-state index contributed by atoms with van der Waals surface area (Å²) in [6.45, 7) is 0.858. The van der Waals surface area contributed by atoms with E-state index in [2.05, 4.69) is 20.4 Å². The summed E-state index contributed by atoms with van der Waals surface area (Å²) in [5.41, 5.74) is -0.156. The summed E-state index contributed by atoms with van der Waals surface area (Å²) < 4.78 is 28.4. The van der Waals surface area contributed by atoms with Gasteiger partial charge in [0.15, 0.2) is 5.82 Å². The molecule has 0 atom stereocenters. The maximum Gasteiger partial charge on any atom is 0.231 e. The molecule has 0 aliphatic carbocycles. The highest BCUT2D eigenvalue weighted by molar-refractivity contribution is 5.94. The zero-order valence-electron chi connectivity index (χ0n) is 13.5. The number of carbonyl (C=O) groups excluding carboxylic acids is 1. The van der Waals surface area contributed by atoms with Gasteiger partial charge in [-0.25, -0.2) is 23.4 Å². The molecule has 2 aromatic heterocycles. The third kappa shape index (κ3) is 3.10. The molecule has 0 radical (unpaired) electrons. The first kappa shape index (κ1) is 16.1. The van der Waals surface area contributed by atoms with Gasteiger partial charge >= 0.3 is 0 Å². The molecule has 0 unspecified atom stereocenters. The normalized spacial score (nSPS) is 14.2. The fraction of sp³-hybridized carbons (Fsp3) is 0.176. The lowest BCUT2D eigenvalue weighted by atomic mass is 9.99. The molecule has 7 nitrogen and oxygen atoms in total. The van der Waals surface area contributed by atoms with E-state index >= 15 is 0 Å². The summed E-state index contributed by atoms with van der Waals surface area (Å²) in [4.78, 5) is 22.5. The Hall–Kier alpha value is -3.36. The van der Waals surface area contributed by atoms with E-state index in [0.29, 0.717) is 24.7 Å². The molecular formula is C17H14F2N6O. The van der Waals surface area contributed by atoms with Crippen molar-refractivity contribution in [2.75, 3.05) is 23.3 Å². The van der Waals surface area contributed by atoms with Crippen LogP contribution in [0.1, 0.15) is 0 Å². The lowest BCUT2D eigenvalue weighted by Crippen LogP contribution is -2.52. The molecule has 1 N–H and O–H groups in total. The van der Waals surface area contributed by atoms with Crippen molar-refractivity contribution in [1.29, 1.82) is 0 Å². The van der Waals surface area contributed by atoms with Crippen LogP contribution >= 0.6 is 0 Å². The highest BCUT2D eigenvalue weighted by Crippen LogP contribution is 2.25. The number of aromatic nitrogens is 4. The molecule has 132 valence electrons. The van der Waals surface area contributed by atoms with Crippen LogP contribution in [0.25, 0.3) is 5.82 Å². The smallest absolute Gasteiger partial charge is 0.231 e. The maximum absolute atomic E-state index is 13.6. The molecule has 1 aliphatic heterocycles. The van der Waals surface area contributed by atoms with E-state index in [0.717, 1.165) is 18.2 Å². The number of rotatable bonds is 4. The van der Waals surface area contributed by atoms with Crippen molar-refractivity contribution >= 4 is 17.4 Å². The van der Waals surface area contributed by atoms with Crippen molar-refractivity contribution in [3.05, 3.63) is 60.7 Å². The molecule has 0 bridgehead atoms. The molecule has 1 aliphatic rings. The molecular weight excluding hydrogens is 342 g/mol. The predicted octanol–water partition coefficient (Wildman–Crippen LogP) is 2.02. The molecule has 3 aromatic rings. The van der Waals surface area contributed by atoms with Gasteiger partial charge in [-0.2, -0.15) is 5.10 Å². The first-order valence-corrected chi connectivity index (χ1v) is 7.93. The van der Waals surface area contributed by atoms with Gasteiger partial charge in [0.1, 0.15) is 23.8 Å². The van der Waals surface area contributed by atoms with Crippen LogP contribution in [0.3, 0.4) is 0 Å². The van der Waals surface area contributed by atoms with Crippen LogP contribution in [-0.4, -0.2) is 38.7 Å². The van der Waals surface area contributed by atoms with Crippen molar-refractivity contribution in [3.8, 4) is 5.82 Å². The Morgan fingerprint density at radius 2 is 1.96 bits per heavy atom. The third-order valence-electron chi connectivity index (χ3n) is 4.14. The van der Waals surface area contributed by atoms with E-state index < -0.39 is 11.6 Å². The van der Waals surface area contributed by atoms with Crippen LogP contribution in [0.4, 0.5) is 20.3 Å². The number of hydrogen-bond donors (Lipinski definition) is 1. The van der Waals surface area contributed by atoms with Crippen LogP contribution in [-0.2, 0) is 4.79 Å². The molecule has 1 aromatic carbocycles. The van der Waals surface area contributed by atoms with Gasteiger partial charge in [-0.05, 0) is 18.2 Å². The lowest BCUT2D eigenvalue weighted by molar-refractivity contribution is -0.120. The van der Waals surface area contributed by atoms with Gasteiger partial charge in [0.05, 0.1) is 11.6 Å². The van der Waals surface area contributed by atoms with Gasteiger partial charge in [-0.3, -0.25) is 4.79 Å². The van der Waals surface area contributed by atoms with Crippen LogP contribution < -0.4 is 10.2 Å². The lowest BCUT2D eigenvalue weighted by Gasteiger charge is -2.39. The number of carbonyl (C=O) groups is 1. The Morgan fingerprint density at radius 3 is 2.73 bits per heavy atom. The predicted molar refractivity (Wildman–Crippen MR) is 89.8 cm³/mol. The average molecular weight is 356 g/mol. The Balaban J connectivity index is 1.40. The van der Waals surface area contributed by atoms with Crippen molar-refractivity contribution in [3.63, 3.8) is 0 Å². The number of nitrogens with one attached hydrogen (secondary N) is 1. The van der Waals surface area contributed by atoms with Crippen molar-refractivity contribution in [2.24, 2.45) is 5.92 Å². The molecule has 0 spiro atoms. The summed E-state index contributed by atoms with van der Waals surface area (Å²) in [6, 6.07) is 6.51. The van der Waals surface area contributed by atoms with Gasteiger partial charge < -0.3 is 10.2 Å². The second-order valence-corrected chi connectivity index (χ2v) is 5.90. The number of anilines is 2. The maximum atomic E-state index is 13.6. The van der Waals surface area contributed by atoms with E-state index in [1.54, 1.807) is 29.2 Å². The van der Waals surface area contributed by atoms with Gasteiger partial charge in [-0.15, -0.1) is 0 Å². The first-order valence-electron chi connectivity index (χ1n) is 7.93. The summed E-state index contributed by atoms with van der Waals surface area (Å²) in [7, 11) is 0. The third-order valence-corrected chi connectivity index (χ3v) is 4.14. The summed E-state index contributed by atoms with van der Waals surface area (Å²) >= 11 is 0. The van der Waals surface area contributed by atoms with E-state index in [9.17, 15) is 13.6 Å². The molecule has 9 heteroatoms. The highest BCUT2D eigenvalue weighted by atomic mass is 19.1. The number of nitrogens with zero attached hydrogens (tertiary/aromatic N) is 5. The number of halogens is 2. The monoisotopic (exact) mass is 356 g/mol. The van der Waals surface area contributed by atoms with Gasteiger partial charge in [-0.1, -0.05) is 0 Å². The zero-order valence-corrected chi connectivity index (χ0v) is 13.5. The largest absolute Gasteiger partial charge is 0.355 e. The SMILES string of the molecule is O=C(Nc1cc(F)ccc1F)C1CN(c2cc(-n3cccn3)ncn2)C1. The van der Waals surface area contributed by atoms with E-state index in [-0.39, 0.29) is 17.5 Å². The minimum absolute atomic E-state index is 0.156. The number of hydrogen-bond acceptors (Lipinski definition) is 5. The second-order valence-electron chi connectivity index (χ2n) is 5.90. The van der Waals surface area contributed by atoms with Gasteiger partial charge in [0, 0.05) is 37.6 Å². The highest BCUT2D eigenvalue weighted by Gasteiger charge is 2.34. The molecule has 0 saturated carbocycles. The van der Waals surface area contributed by atoms with Crippen LogP contribution in [0.15, 0.2) is 49.1 Å². The van der Waals surface area contributed by atoms with E-state index in [1.807, 2.05) is 4.90 Å². The standard InChI is InChI=1S/C17H14F2N6O/c18-12-2-3-13(19)14(6-12)23-17(26)11-8-24(9-11)15-7-16(21-10-20-15)25-5-1-4-22-25/h1-7,10-11H,8-9H2,(H,23,26). The fourth-order valence-electron chi connectivity index (χ4n) is 2.70. The molecule has 26 heavy (non-hydrogen) atoms. The Morgan fingerprint density at radius 1 is 1.15 bits per heavy atom. The van der Waals surface area contributed by atoms with Gasteiger partial charge in [0.25, 0.3) is 0 Å². The quantitative estimate of drug-likeness (QED) is 0.774. The van der Waals surface area contributed by atoms with Crippen LogP contribution in [0.5, 0.6) is 0 Å². The average Bonchev–Trinajstić information content (AvgIpc) is 3.12. The zero-order chi connectivity index (χ0) is 18.1. The minimum Gasteiger partial charge on any atom is -0.355 e. The summed E-state index contributed by atoms with van der Waals surface area (Å²) in [5.74, 6) is -0.672. The van der Waals surface area contributed by atoms with Gasteiger partial charge in [0.2, 0.25) is 5.91 Å². The van der Waals surface area contributed by atoms with Crippen molar-refractivity contribution in [2.45, 2.75) is 0 Å². The molecule has 3 heterocycles. The van der Waals surface area contributed by atoms with Crippen molar-refractivity contribution < 1.29 is 13.6 Å². The second kappa shape index (κ2) is 6.51. The minimum atomic E-state index is -0.671. The molecule has 1 saturated heterocycles. The fourth-order valence-corrected chi connectivity index (χ4v) is 2.70. The molecule has 4 rings (SSSR count). The number of amides is 1. The summed E-state index contributed by atoms with van der Waals surface area (Å²) in [6.07, 6.45) is 4.85. The Kier molecular flexibility index (Phi) is 4.04. The first-order chi connectivity index (χ1) is 12.6.